The van der Waals surface area contributed by atoms with Gasteiger partial charge in [-0.3, -0.25) is 14.7 Å². The maximum atomic E-state index is 12.7. The van der Waals surface area contributed by atoms with Crippen molar-refractivity contribution in [3.8, 4) is 0 Å². The third-order valence-corrected chi connectivity index (χ3v) is 5.16. The van der Waals surface area contributed by atoms with E-state index in [1.54, 1.807) is 12.5 Å². The molecule has 0 spiro atoms. The number of aromatic nitrogens is 3. The van der Waals surface area contributed by atoms with Gasteiger partial charge in [0.15, 0.2) is 0 Å². The summed E-state index contributed by atoms with van der Waals surface area (Å²) in [5.74, 6) is 0.150. The third kappa shape index (κ3) is 3.94. The number of carbonyl (C=O) groups excluding carboxylic acids is 1. The van der Waals surface area contributed by atoms with E-state index in [4.69, 9.17) is 4.74 Å². The van der Waals surface area contributed by atoms with Crippen LogP contribution in [0.15, 0.2) is 37.1 Å². The number of hydrogen-bond donors (Lipinski definition) is 0. The van der Waals surface area contributed by atoms with Crippen molar-refractivity contribution in [1.29, 1.82) is 0 Å². The zero-order chi connectivity index (χ0) is 17.8. The number of likely N-dealkylation sites (tertiary alicyclic amines) is 1. The second-order valence-corrected chi connectivity index (χ2v) is 6.95. The lowest BCUT2D eigenvalue weighted by atomic mass is 10.0. The van der Waals surface area contributed by atoms with Crippen LogP contribution >= 0.6 is 0 Å². The normalized spacial score (nSPS) is 21.2. The van der Waals surface area contributed by atoms with Crippen molar-refractivity contribution < 1.29 is 9.53 Å². The Morgan fingerprint density at radius 1 is 1.23 bits per heavy atom. The lowest BCUT2D eigenvalue weighted by molar-refractivity contribution is -0.132. The molecular formula is C19H25N5O2. The molecule has 1 atom stereocenters. The maximum absolute atomic E-state index is 12.7. The van der Waals surface area contributed by atoms with Crippen molar-refractivity contribution in [2.75, 3.05) is 32.8 Å². The third-order valence-electron chi connectivity index (χ3n) is 5.16. The first-order chi connectivity index (χ1) is 12.8. The number of carbonyl (C=O) groups is 1. The Balaban J connectivity index is 1.45. The van der Waals surface area contributed by atoms with Gasteiger partial charge in [-0.1, -0.05) is 0 Å². The highest BCUT2D eigenvalue weighted by Gasteiger charge is 2.30. The van der Waals surface area contributed by atoms with E-state index >= 15 is 0 Å². The highest BCUT2D eigenvalue weighted by atomic mass is 16.5. The van der Waals surface area contributed by atoms with Crippen LogP contribution in [0.3, 0.4) is 0 Å². The van der Waals surface area contributed by atoms with Crippen molar-refractivity contribution in [3.63, 3.8) is 0 Å². The summed E-state index contributed by atoms with van der Waals surface area (Å²) < 4.78 is 7.24. The van der Waals surface area contributed by atoms with Crippen molar-refractivity contribution in [2.24, 2.45) is 0 Å². The molecule has 1 amide bonds. The van der Waals surface area contributed by atoms with Gasteiger partial charge in [0.1, 0.15) is 6.54 Å². The van der Waals surface area contributed by atoms with Crippen LogP contribution in [0.5, 0.6) is 0 Å². The van der Waals surface area contributed by atoms with E-state index in [1.807, 2.05) is 21.9 Å². The molecule has 0 N–H and O–H groups in total. The molecule has 7 nitrogen and oxygen atoms in total. The van der Waals surface area contributed by atoms with Crippen LogP contribution < -0.4 is 0 Å². The first-order valence-corrected chi connectivity index (χ1v) is 9.30. The standard InChI is InChI=1S/C19H25N5O2/c25-19(14-23-7-5-20-15-23)24-6-1-2-18(24)16-3-4-21-17(12-16)13-22-8-10-26-11-9-22/h3-5,7,12,15,18H,1-2,6,8-11,13-14H2. The number of ether oxygens (including phenoxy) is 1. The van der Waals surface area contributed by atoms with Crippen LogP contribution in [0.25, 0.3) is 0 Å². The van der Waals surface area contributed by atoms with E-state index < -0.39 is 0 Å². The van der Waals surface area contributed by atoms with Gasteiger partial charge in [-0.15, -0.1) is 0 Å². The highest BCUT2D eigenvalue weighted by molar-refractivity contribution is 5.76. The Morgan fingerprint density at radius 3 is 2.92 bits per heavy atom. The molecule has 26 heavy (non-hydrogen) atoms. The first kappa shape index (κ1) is 17.2. The number of rotatable bonds is 5. The van der Waals surface area contributed by atoms with Crippen molar-refractivity contribution >= 4 is 5.91 Å². The number of morpholine rings is 1. The first-order valence-electron chi connectivity index (χ1n) is 9.30. The van der Waals surface area contributed by atoms with E-state index in [0.717, 1.165) is 57.9 Å². The number of amides is 1. The summed E-state index contributed by atoms with van der Waals surface area (Å²) in [6, 6.07) is 4.37. The monoisotopic (exact) mass is 355 g/mol. The van der Waals surface area contributed by atoms with Crippen molar-refractivity contribution in [3.05, 3.63) is 48.3 Å². The molecule has 2 fully saturated rings. The van der Waals surface area contributed by atoms with Gasteiger partial charge in [0.2, 0.25) is 5.91 Å². The number of hydrogen-bond acceptors (Lipinski definition) is 5. The van der Waals surface area contributed by atoms with Crippen LogP contribution in [-0.2, 0) is 22.6 Å². The molecule has 2 aliphatic rings. The van der Waals surface area contributed by atoms with Crippen LogP contribution in [0, 0.1) is 0 Å². The topological polar surface area (TPSA) is 63.5 Å². The Morgan fingerprint density at radius 2 is 2.12 bits per heavy atom. The van der Waals surface area contributed by atoms with E-state index in [-0.39, 0.29) is 11.9 Å². The molecule has 0 saturated carbocycles. The molecule has 2 saturated heterocycles. The maximum Gasteiger partial charge on any atom is 0.243 e. The molecule has 2 aliphatic heterocycles. The molecule has 0 bridgehead atoms. The van der Waals surface area contributed by atoms with Gasteiger partial charge in [-0.2, -0.15) is 0 Å². The van der Waals surface area contributed by atoms with E-state index in [2.05, 4.69) is 27.0 Å². The van der Waals surface area contributed by atoms with E-state index in [9.17, 15) is 4.79 Å². The summed E-state index contributed by atoms with van der Waals surface area (Å²) in [6.45, 7) is 5.49. The minimum Gasteiger partial charge on any atom is -0.379 e. The quantitative estimate of drug-likeness (QED) is 0.813. The fourth-order valence-corrected chi connectivity index (χ4v) is 3.82. The van der Waals surface area contributed by atoms with Crippen LogP contribution in [0.2, 0.25) is 0 Å². The Labute approximate surface area is 153 Å². The Bertz CT molecular complexity index is 727. The number of nitrogens with zero attached hydrogens (tertiary/aromatic N) is 5. The fraction of sp³-hybridized carbons (Fsp3) is 0.526. The minimum absolute atomic E-state index is 0.150. The van der Waals surface area contributed by atoms with Gasteiger partial charge in [0, 0.05) is 44.8 Å². The number of pyridine rings is 1. The zero-order valence-electron chi connectivity index (χ0n) is 15.0. The minimum atomic E-state index is 0.150. The second kappa shape index (κ2) is 7.97. The highest BCUT2D eigenvalue weighted by Crippen LogP contribution is 2.32. The Hall–Kier alpha value is -2.25. The average molecular weight is 355 g/mol. The summed E-state index contributed by atoms with van der Waals surface area (Å²) >= 11 is 0. The molecule has 1 unspecified atom stereocenters. The molecule has 0 aliphatic carbocycles. The SMILES string of the molecule is O=C(Cn1ccnc1)N1CCCC1c1ccnc(CN2CCOCC2)c1. The predicted molar refractivity (Wildman–Crippen MR) is 96.2 cm³/mol. The molecule has 138 valence electrons. The van der Waals surface area contributed by atoms with Crippen LogP contribution in [-0.4, -0.2) is 63.1 Å². The summed E-state index contributed by atoms with van der Waals surface area (Å²) in [4.78, 5) is 25.7. The molecular weight excluding hydrogens is 330 g/mol. The molecule has 2 aromatic rings. The largest absolute Gasteiger partial charge is 0.379 e. The van der Waals surface area contributed by atoms with Crippen molar-refractivity contribution in [1.82, 2.24) is 24.3 Å². The van der Waals surface area contributed by atoms with Gasteiger partial charge in [-0.25, -0.2) is 4.98 Å². The van der Waals surface area contributed by atoms with Gasteiger partial charge in [-0.05, 0) is 30.5 Å². The lowest BCUT2D eigenvalue weighted by Gasteiger charge is -2.27. The van der Waals surface area contributed by atoms with E-state index in [1.165, 1.54) is 5.56 Å². The molecule has 2 aromatic heterocycles. The van der Waals surface area contributed by atoms with Crippen LogP contribution in [0.1, 0.15) is 30.1 Å². The lowest BCUT2D eigenvalue weighted by Crippen LogP contribution is -2.36. The Kier molecular flexibility index (Phi) is 5.26. The summed E-state index contributed by atoms with van der Waals surface area (Å²) in [5, 5.41) is 0. The molecule has 4 heterocycles. The summed E-state index contributed by atoms with van der Waals surface area (Å²) in [6.07, 6.45) is 9.15. The zero-order valence-corrected chi connectivity index (χ0v) is 15.0. The predicted octanol–water partition coefficient (Wildman–Crippen LogP) is 1.47. The van der Waals surface area contributed by atoms with Gasteiger partial charge in [0.25, 0.3) is 0 Å². The second-order valence-electron chi connectivity index (χ2n) is 6.95. The van der Waals surface area contributed by atoms with Crippen LogP contribution in [0.4, 0.5) is 0 Å². The fourth-order valence-electron chi connectivity index (χ4n) is 3.82. The van der Waals surface area contributed by atoms with Gasteiger partial charge < -0.3 is 14.2 Å². The molecule has 0 radical (unpaired) electrons. The summed E-state index contributed by atoms with van der Waals surface area (Å²) in [5.41, 5.74) is 2.26. The van der Waals surface area contributed by atoms with E-state index in [0.29, 0.717) is 6.54 Å². The summed E-state index contributed by atoms with van der Waals surface area (Å²) in [7, 11) is 0. The molecule has 7 heteroatoms. The number of imidazole rings is 1. The van der Waals surface area contributed by atoms with Crippen molar-refractivity contribution in [2.45, 2.75) is 32.0 Å². The molecule has 0 aromatic carbocycles. The van der Waals surface area contributed by atoms with Gasteiger partial charge in [0.05, 0.1) is 31.3 Å². The average Bonchev–Trinajstić information content (AvgIpc) is 3.34. The smallest absolute Gasteiger partial charge is 0.243 e. The molecule has 4 rings (SSSR count). The van der Waals surface area contributed by atoms with Gasteiger partial charge >= 0.3 is 0 Å².